The van der Waals surface area contributed by atoms with Crippen LogP contribution in [0.25, 0.3) is 0 Å². The second kappa shape index (κ2) is 7.21. The van der Waals surface area contributed by atoms with Crippen LogP contribution < -0.4 is 19.7 Å². The number of carbonyl (C=O) groups is 1. The van der Waals surface area contributed by atoms with Crippen molar-refractivity contribution in [2.24, 2.45) is 0 Å². The molecule has 1 fully saturated rings. The standard InChI is InChI=1S/C19H22N4O3/c1-22-4-6-23(7-5-22)16-9-15(11-20-12-16)19(24)21-10-14-2-3-17-18(8-14)26-13-25-17/h2-3,8-9,11-12H,4-7,10,13H2,1H3,(H,21,24). The molecular weight excluding hydrogens is 332 g/mol. The number of ether oxygens (including phenoxy) is 2. The quantitative estimate of drug-likeness (QED) is 0.897. The summed E-state index contributed by atoms with van der Waals surface area (Å²) in [7, 11) is 2.12. The lowest BCUT2D eigenvalue weighted by atomic mass is 10.2. The second-order valence-electron chi connectivity index (χ2n) is 6.59. The average molecular weight is 354 g/mol. The number of piperazine rings is 1. The van der Waals surface area contributed by atoms with E-state index in [1.165, 1.54) is 0 Å². The van der Waals surface area contributed by atoms with Crippen molar-refractivity contribution >= 4 is 11.6 Å². The van der Waals surface area contributed by atoms with Gasteiger partial charge in [0.15, 0.2) is 11.5 Å². The molecule has 2 aliphatic heterocycles. The molecule has 2 aromatic rings. The molecule has 1 saturated heterocycles. The zero-order chi connectivity index (χ0) is 17.9. The molecular formula is C19H22N4O3. The van der Waals surface area contributed by atoms with Crippen molar-refractivity contribution < 1.29 is 14.3 Å². The van der Waals surface area contributed by atoms with Crippen LogP contribution in [0.3, 0.4) is 0 Å². The minimum Gasteiger partial charge on any atom is -0.454 e. The van der Waals surface area contributed by atoms with Gasteiger partial charge in [0.2, 0.25) is 6.79 Å². The van der Waals surface area contributed by atoms with E-state index < -0.39 is 0 Å². The van der Waals surface area contributed by atoms with E-state index in [1.54, 1.807) is 6.20 Å². The van der Waals surface area contributed by atoms with Crippen molar-refractivity contribution in [3.63, 3.8) is 0 Å². The number of nitrogens with zero attached hydrogens (tertiary/aromatic N) is 3. The largest absolute Gasteiger partial charge is 0.454 e. The molecule has 7 heteroatoms. The van der Waals surface area contributed by atoms with E-state index in [1.807, 2.05) is 30.5 Å². The second-order valence-corrected chi connectivity index (χ2v) is 6.59. The monoisotopic (exact) mass is 354 g/mol. The summed E-state index contributed by atoms with van der Waals surface area (Å²) in [6, 6.07) is 7.58. The Balaban J connectivity index is 1.39. The van der Waals surface area contributed by atoms with E-state index in [4.69, 9.17) is 9.47 Å². The normalized spacial score (nSPS) is 16.6. The molecule has 0 unspecified atom stereocenters. The molecule has 26 heavy (non-hydrogen) atoms. The third kappa shape index (κ3) is 3.57. The van der Waals surface area contributed by atoms with Crippen LogP contribution in [-0.4, -0.2) is 55.8 Å². The van der Waals surface area contributed by atoms with Gasteiger partial charge >= 0.3 is 0 Å². The highest BCUT2D eigenvalue weighted by atomic mass is 16.7. The fraction of sp³-hybridized carbons (Fsp3) is 0.368. The van der Waals surface area contributed by atoms with Crippen LogP contribution in [0.1, 0.15) is 15.9 Å². The summed E-state index contributed by atoms with van der Waals surface area (Å²) in [5, 5.41) is 2.94. The summed E-state index contributed by atoms with van der Waals surface area (Å²) < 4.78 is 10.7. The Hall–Kier alpha value is -2.80. The molecule has 1 aromatic heterocycles. The van der Waals surface area contributed by atoms with E-state index in [-0.39, 0.29) is 12.7 Å². The van der Waals surface area contributed by atoms with Crippen molar-refractivity contribution in [3.05, 3.63) is 47.8 Å². The summed E-state index contributed by atoms with van der Waals surface area (Å²) in [5.74, 6) is 1.32. The Labute approximate surface area is 152 Å². The van der Waals surface area contributed by atoms with Crippen LogP contribution >= 0.6 is 0 Å². The van der Waals surface area contributed by atoms with Gasteiger partial charge in [0.1, 0.15) is 0 Å². The number of nitrogens with one attached hydrogen (secondary N) is 1. The summed E-state index contributed by atoms with van der Waals surface area (Å²) in [6.07, 6.45) is 3.43. The van der Waals surface area contributed by atoms with E-state index in [2.05, 4.69) is 27.1 Å². The Morgan fingerprint density at radius 2 is 1.92 bits per heavy atom. The lowest BCUT2D eigenvalue weighted by Crippen LogP contribution is -2.44. The smallest absolute Gasteiger partial charge is 0.253 e. The Morgan fingerprint density at radius 1 is 1.12 bits per heavy atom. The predicted octanol–water partition coefficient (Wildman–Crippen LogP) is 1.49. The zero-order valence-corrected chi connectivity index (χ0v) is 14.8. The van der Waals surface area contributed by atoms with E-state index in [0.29, 0.717) is 12.1 Å². The van der Waals surface area contributed by atoms with Crippen molar-refractivity contribution in [2.45, 2.75) is 6.54 Å². The first-order valence-electron chi connectivity index (χ1n) is 8.74. The van der Waals surface area contributed by atoms with Crippen molar-refractivity contribution in [1.82, 2.24) is 15.2 Å². The van der Waals surface area contributed by atoms with E-state index in [9.17, 15) is 4.79 Å². The van der Waals surface area contributed by atoms with E-state index in [0.717, 1.165) is 48.9 Å². The van der Waals surface area contributed by atoms with Gasteiger partial charge in [-0.05, 0) is 30.8 Å². The third-order valence-corrected chi connectivity index (χ3v) is 4.74. The minimum atomic E-state index is -0.133. The topological polar surface area (TPSA) is 66.9 Å². The van der Waals surface area contributed by atoms with Gasteiger partial charge in [0.05, 0.1) is 17.4 Å². The van der Waals surface area contributed by atoms with Gasteiger partial charge in [-0.25, -0.2) is 0 Å². The van der Waals surface area contributed by atoms with Crippen LogP contribution in [0.4, 0.5) is 5.69 Å². The molecule has 0 aliphatic carbocycles. The molecule has 1 aromatic carbocycles. The molecule has 2 aliphatic rings. The molecule has 0 bridgehead atoms. The highest BCUT2D eigenvalue weighted by Crippen LogP contribution is 2.32. The van der Waals surface area contributed by atoms with Gasteiger partial charge < -0.3 is 24.6 Å². The summed E-state index contributed by atoms with van der Waals surface area (Å²) in [6.45, 7) is 4.59. The Bertz CT molecular complexity index is 803. The molecule has 1 N–H and O–H groups in total. The molecule has 0 atom stereocenters. The van der Waals surface area contributed by atoms with Crippen LogP contribution in [0, 0.1) is 0 Å². The maximum atomic E-state index is 12.5. The van der Waals surface area contributed by atoms with Gasteiger partial charge in [0, 0.05) is 38.9 Å². The molecule has 0 saturated carbocycles. The van der Waals surface area contributed by atoms with Crippen LogP contribution in [0.15, 0.2) is 36.7 Å². The van der Waals surface area contributed by atoms with Crippen molar-refractivity contribution in [2.75, 3.05) is 44.9 Å². The molecule has 4 rings (SSSR count). The lowest BCUT2D eigenvalue weighted by Gasteiger charge is -2.33. The molecule has 0 radical (unpaired) electrons. The van der Waals surface area contributed by atoms with Gasteiger partial charge in [-0.15, -0.1) is 0 Å². The number of aromatic nitrogens is 1. The SMILES string of the molecule is CN1CCN(c2cncc(C(=O)NCc3ccc4c(c3)OCO4)c2)CC1. The van der Waals surface area contributed by atoms with Crippen LogP contribution in [-0.2, 0) is 6.54 Å². The van der Waals surface area contributed by atoms with Crippen molar-refractivity contribution in [1.29, 1.82) is 0 Å². The number of hydrogen-bond acceptors (Lipinski definition) is 6. The average Bonchev–Trinajstić information content (AvgIpc) is 3.14. The van der Waals surface area contributed by atoms with Gasteiger partial charge in [0.25, 0.3) is 5.91 Å². The Kier molecular flexibility index (Phi) is 4.62. The first kappa shape index (κ1) is 16.7. The molecule has 136 valence electrons. The first-order chi connectivity index (χ1) is 12.7. The first-order valence-corrected chi connectivity index (χ1v) is 8.74. The van der Waals surface area contributed by atoms with Gasteiger partial charge in [-0.3, -0.25) is 9.78 Å². The van der Waals surface area contributed by atoms with E-state index >= 15 is 0 Å². The third-order valence-electron chi connectivity index (χ3n) is 4.74. The predicted molar refractivity (Wildman–Crippen MR) is 97.7 cm³/mol. The number of fused-ring (bicyclic) bond motifs is 1. The number of likely N-dealkylation sites (N-methyl/N-ethyl adjacent to an activating group) is 1. The lowest BCUT2D eigenvalue weighted by molar-refractivity contribution is 0.0950. The molecule has 7 nitrogen and oxygen atoms in total. The number of pyridine rings is 1. The zero-order valence-electron chi connectivity index (χ0n) is 14.8. The fourth-order valence-electron chi connectivity index (χ4n) is 3.12. The number of amides is 1. The number of rotatable bonds is 4. The fourth-order valence-corrected chi connectivity index (χ4v) is 3.12. The summed E-state index contributed by atoms with van der Waals surface area (Å²) in [4.78, 5) is 21.3. The maximum Gasteiger partial charge on any atom is 0.253 e. The highest BCUT2D eigenvalue weighted by molar-refractivity contribution is 5.94. The number of carbonyl (C=O) groups excluding carboxylic acids is 1. The van der Waals surface area contributed by atoms with Crippen LogP contribution in [0.5, 0.6) is 11.5 Å². The minimum absolute atomic E-state index is 0.133. The molecule has 0 spiro atoms. The number of anilines is 1. The highest BCUT2D eigenvalue weighted by Gasteiger charge is 2.17. The number of hydrogen-bond donors (Lipinski definition) is 1. The summed E-state index contributed by atoms with van der Waals surface area (Å²) in [5.41, 5.74) is 2.53. The van der Waals surface area contributed by atoms with Crippen LogP contribution in [0.2, 0.25) is 0 Å². The maximum absolute atomic E-state index is 12.5. The molecule has 3 heterocycles. The molecule has 1 amide bonds. The van der Waals surface area contributed by atoms with Gasteiger partial charge in [-0.1, -0.05) is 6.07 Å². The Morgan fingerprint density at radius 3 is 2.77 bits per heavy atom. The van der Waals surface area contributed by atoms with Gasteiger partial charge in [-0.2, -0.15) is 0 Å². The van der Waals surface area contributed by atoms with Crippen molar-refractivity contribution in [3.8, 4) is 11.5 Å². The number of benzene rings is 1. The summed E-state index contributed by atoms with van der Waals surface area (Å²) >= 11 is 0.